The van der Waals surface area contributed by atoms with Crippen LogP contribution >= 0.6 is 11.6 Å². The molecule has 1 N–H and O–H groups in total. The SMILES string of the molecule is C[C@@H](OC(=O)/C=C/c1cccc(F)c1)C(=O)Nc1ccc(Cl)cn1. The van der Waals surface area contributed by atoms with Crippen LogP contribution in [0.5, 0.6) is 0 Å². The predicted molar refractivity (Wildman–Crippen MR) is 88.9 cm³/mol. The lowest BCUT2D eigenvalue weighted by molar-refractivity contribution is -0.148. The van der Waals surface area contributed by atoms with Gasteiger partial charge in [0.15, 0.2) is 6.10 Å². The van der Waals surface area contributed by atoms with Crippen molar-refractivity contribution in [1.29, 1.82) is 0 Å². The molecular weight excluding hydrogens is 335 g/mol. The van der Waals surface area contributed by atoms with Gasteiger partial charge in [0.2, 0.25) is 0 Å². The van der Waals surface area contributed by atoms with Gasteiger partial charge in [-0.25, -0.2) is 14.2 Å². The van der Waals surface area contributed by atoms with Crippen LogP contribution in [0.3, 0.4) is 0 Å². The molecule has 0 fully saturated rings. The highest BCUT2D eigenvalue weighted by molar-refractivity contribution is 6.30. The van der Waals surface area contributed by atoms with Crippen molar-refractivity contribution in [3.05, 3.63) is 65.1 Å². The maximum Gasteiger partial charge on any atom is 0.331 e. The van der Waals surface area contributed by atoms with Crippen LogP contribution in [0.25, 0.3) is 6.08 Å². The van der Waals surface area contributed by atoms with Crippen LogP contribution in [0.15, 0.2) is 48.7 Å². The molecule has 0 aliphatic heterocycles. The third-order valence-corrected chi connectivity index (χ3v) is 3.12. The van der Waals surface area contributed by atoms with Gasteiger partial charge in [0.25, 0.3) is 5.91 Å². The van der Waals surface area contributed by atoms with Crippen molar-refractivity contribution in [3.63, 3.8) is 0 Å². The van der Waals surface area contributed by atoms with E-state index < -0.39 is 23.8 Å². The van der Waals surface area contributed by atoms with E-state index in [1.165, 1.54) is 43.5 Å². The summed E-state index contributed by atoms with van der Waals surface area (Å²) in [5.74, 6) is -1.36. The van der Waals surface area contributed by atoms with Gasteiger partial charge in [0, 0.05) is 12.3 Å². The van der Waals surface area contributed by atoms with Crippen LogP contribution in [0.1, 0.15) is 12.5 Å². The first-order valence-corrected chi connectivity index (χ1v) is 7.38. The van der Waals surface area contributed by atoms with Crippen LogP contribution in [0.2, 0.25) is 5.02 Å². The van der Waals surface area contributed by atoms with E-state index in [-0.39, 0.29) is 0 Å². The van der Waals surface area contributed by atoms with Gasteiger partial charge in [0.05, 0.1) is 5.02 Å². The van der Waals surface area contributed by atoms with Crippen LogP contribution in [-0.4, -0.2) is 23.0 Å². The standard InChI is InChI=1S/C17H14ClFN2O3/c1-11(17(23)21-15-7-6-13(18)10-20-15)24-16(22)8-5-12-3-2-4-14(19)9-12/h2-11H,1H3,(H,20,21,23)/b8-5+/t11-/m1/s1. The number of rotatable bonds is 5. The number of anilines is 1. The van der Waals surface area contributed by atoms with Gasteiger partial charge >= 0.3 is 5.97 Å². The Balaban J connectivity index is 1.88. The molecule has 0 aliphatic carbocycles. The first kappa shape index (κ1) is 17.6. The number of aromatic nitrogens is 1. The summed E-state index contributed by atoms with van der Waals surface area (Å²) in [7, 11) is 0. The molecule has 2 aromatic rings. The fourth-order valence-electron chi connectivity index (χ4n) is 1.72. The smallest absolute Gasteiger partial charge is 0.331 e. The van der Waals surface area contributed by atoms with E-state index in [1.54, 1.807) is 12.1 Å². The quantitative estimate of drug-likeness (QED) is 0.663. The van der Waals surface area contributed by atoms with Gasteiger partial charge in [-0.15, -0.1) is 0 Å². The maximum absolute atomic E-state index is 13.0. The number of hydrogen-bond donors (Lipinski definition) is 1. The zero-order valence-corrected chi connectivity index (χ0v) is 13.5. The molecule has 0 saturated heterocycles. The number of nitrogens with zero attached hydrogens (tertiary/aromatic N) is 1. The van der Waals surface area contributed by atoms with Crippen molar-refractivity contribution >= 4 is 35.4 Å². The fraction of sp³-hybridized carbons (Fsp3) is 0.118. The number of halogens is 2. The topological polar surface area (TPSA) is 68.3 Å². The minimum Gasteiger partial charge on any atom is -0.449 e. The average molecular weight is 349 g/mol. The zero-order valence-electron chi connectivity index (χ0n) is 12.7. The molecule has 124 valence electrons. The van der Waals surface area contributed by atoms with Gasteiger partial charge in [-0.05, 0) is 42.8 Å². The summed E-state index contributed by atoms with van der Waals surface area (Å²) in [4.78, 5) is 27.5. The van der Waals surface area contributed by atoms with E-state index in [4.69, 9.17) is 16.3 Å². The van der Waals surface area contributed by atoms with E-state index in [2.05, 4.69) is 10.3 Å². The summed E-state index contributed by atoms with van der Waals surface area (Å²) in [6.07, 6.45) is 2.89. The van der Waals surface area contributed by atoms with Crippen molar-refractivity contribution in [3.8, 4) is 0 Å². The van der Waals surface area contributed by atoms with Gasteiger partial charge < -0.3 is 10.1 Å². The number of pyridine rings is 1. The minimum atomic E-state index is -1.02. The number of nitrogens with one attached hydrogen (secondary N) is 1. The van der Waals surface area contributed by atoms with E-state index in [0.717, 1.165) is 6.08 Å². The Bertz CT molecular complexity index is 763. The molecule has 0 saturated carbocycles. The molecule has 0 unspecified atom stereocenters. The van der Waals surface area contributed by atoms with Gasteiger partial charge in [-0.3, -0.25) is 4.79 Å². The van der Waals surface area contributed by atoms with Crippen molar-refractivity contribution < 1.29 is 18.7 Å². The van der Waals surface area contributed by atoms with Crippen LogP contribution in [0.4, 0.5) is 10.2 Å². The second kappa shape index (κ2) is 8.21. The van der Waals surface area contributed by atoms with Crippen molar-refractivity contribution in [1.82, 2.24) is 4.98 Å². The highest BCUT2D eigenvalue weighted by Gasteiger charge is 2.17. The summed E-state index contributed by atoms with van der Waals surface area (Å²) in [5, 5.41) is 2.94. The van der Waals surface area contributed by atoms with Crippen LogP contribution in [-0.2, 0) is 14.3 Å². The molecular formula is C17H14ClFN2O3. The van der Waals surface area contributed by atoms with Gasteiger partial charge in [0.1, 0.15) is 11.6 Å². The van der Waals surface area contributed by atoms with Crippen LogP contribution < -0.4 is 5.32 Å². The summed E-state index contributed by atoms with van der Waals surface area (Å²) in [6.45, 7) is 1.43. The van der Waals surface area contributed by atoms with E-state index in [0.29, 0.717) is 16.4 Å². The number of carbonyl (C=O) groups excluding carboxylic acids is 2. The van der Waals surface area contributed by atoms with E-state index >= 15 is 0 Å². The Hall–Kier alpha value is -2.73. The molecule has 2 rings (SSSR count). The molecule has 7 heteroatoms. The number of benzene rings is 1. The Labute approximate surface area is 143 Å². The van der Waals surface area contributed by atoms with E-state index in [9.17, 15) is 14.0 Å². The third-order valence-electron chi connectivity index (χ3n) is 2.90. The molecule has 0 aliphatic rings. The Morgan fingerprint density at radius 1 is 1.33 bits per heavy atom. The molecule has 0 radical (unpaired) electrons. The number of ether oxygens (including phenoxy) is 1. The maximum atomic E-state index is 13.0. The zero-order chi connectivity index (χ0) is 17.5. The Kier molecular flexibility index (Phi) is 6.03. The number of amides is 1. The predicted octanol–water partition coefficient (Wildman–Crippen LogP) is 3.46. The summed E-state index contributed by atoms with van der Waals surface area (Å²) >= 11 is 5.70. The normalized spacial score (nSPS) is 12.0. The lowest BCUT2D eigenvalue weighted by Gasteiger charge is -2.11. The first-order chi connectivity index (χ1) is 11.4. The van der Waals surface area contributed by atoms with Gasteiger partial charge in [-0.2, -0.15) is 0 Å². The molecule has 1 atom stereocenters. The summed E-state index contributed by atoms with van der Waals surface area (Å²) in [6, 6.07) is 8.82. The summed E-state index contributed by atoms with van der Waals surface area (Å²) in [5.41, 5.74) is 0.509. The van der Waals surface area contributed by atoms with Gasteiger partial charge in [-0.1, -0.05) is 23.7 Å². The fourth-order valence-corrected chi connectivity index (χ4v) is 1.83. The Morgan fingerprint density at radius 3 is 2.79 bits per heavy atom. The molecule has 1 aromatic carbocycles. The third kappa shape index (κ3) is 5.48. The minimum absolute atomic E-state index is 0.294. The van der Waals surface area contributed by atoms with Crippen molar-refractivity contribution in [2.45, 2.75) is 13.0 Å². The number of carbonyl (C=O) groups is 2. The first-order valence-electron chi connectivity index (χ1n) is 7.01. The van der Waals surface area contributed by atoms with Crippen molar-refractivity contribution in [2.24, 2.45) is 0 Å². The molecule has 0 spiro atoms. The molecule has 1 amide bonds. The monoisotopic (exact) mass is 348 g/mol. The molecule has 1 aromatic heterocycles. The Morgan fingerprint density at radius 2 is 2.12 bits per heavy atom. The second-order valence-electron chi connectivity index (χ2n) is 4.82. The molecule has 0 bridgehead atoms. The lowest BCUT2D eigenvalue weighted by atomic mass is 10.2. The second-order valence-corrected chi connectivity index (χ2v) is 5.25. The average Bonchev–Trinajstić information content (AvgIpc) is 2.55. The highest BCUT2D eigenvalue weighted by Crippen LogP contribution is 2.10. The van der Waals surface area contributed by atoms with Crippen molar-refractivity contribution in [2.75, 3.05) is 5.32 Å². The lowest BCUT2D eigenvalue weighted by Crippen LogP contribution is -2.29. The van der Waals surface area contributed by atoms with Crippen LogP contribution in [0, 0.1) is 5.82 Å². The van der Waals surface area contributed by atoms with E-state index in [1.807, 2.05) is 0 Å². The number of hydrogen-bond acceptors (Lipinski definition) is 4. The molecule has 5 nitrogen and oxygen atoms in total. The summed E-state index contributed by atoms with van der Waals surface area (Å²) < 4.78 is 18.0. The molecule has 1 heterocycles. The largest absolute Gasteiger partial charge is 0.449 e. The molecule has 24 heavy (non-hydrogen) atoms. The number of esters is 1. The highest BCUT2D eigenvalue weighted by atomic mass is 35.5.